The molecule has 8 heteroatoms. The molecule has 0 saturated heterocycles. The summed E-state index contributed by atoms with van der Waals surface area (Å²) in [7, 11) is 3.05. The van der Waals surface area contributed by atoms with Gasteiger partial charge in [-0.25, -0.2) is 8.78 Å². The van der Waals surface area contributed by atoms with Crippen molar-refractivity contribution in [3.8, 4) is 11.5 Å². The first-order chi connectivity index (χ1) is 12.9. The van der Waals surface area contributed by atoms with Crippen molar-refractivity contribution in [3.63, 3.8) is 0 Å². The zero-order chi connectivity index (χ0) is 19.8. The van der Waals surface area contributed by atoms with Gasteiger partial charge in [-0.1, -0.05) is 12.1 Å². The summed E-state index contributed by atoms with van der Waals surface area (Å²) in [5.74, 6) is -1.72. The Labute approximate surface area is 155 Å². The number of aryl methyl sites for hydroxylation is 1. The molecule has 2 N–H and O–H groups in total. The van der Waals surface area contributed by atoms with E-state index in [1.165, 1.54) is 20.3 Å². The van der Waals surface area contributed by atoms with Gasteiger partial charge in [-0.3, -0.25) is 9.59 Å². The minimum Gasteiger partial charge on any atom is -0.493 e. The molecule has 2 amide bonds. The highest BCUT2D eigenvalue weighted by molar-refractivity contribution is 5.94. The Morgan fingerprint density at radius 1 is 0.963 bits per heavy atom. The molecule has 0 fully saturated rings. The van der Waals surface area contributed by atoms with Crippen LogP contribution in [0.3, 0.4) is 0 Å². The van der Waals surface area contributed by atoms with Gasteiger partial charge in [-0.15, -0.1) is 0 Å². The molecule has 0 bridgehead atoms. The summed E-state index contributed by atoms with van der Waals surface area (Å²) in [4.78, 5) is 23.6. The second kappa shape index (κ2) is 9.51. The second-order valence-electron chi connectivity index (χ2n) is 5.61. The van der Waals surface area contributed by atoms with Crippen LogP contribution in [0.25, 0.3) is 0 Å². The van der Waals surface area contributed by atoms with Gasteiger partial charge in [0.15, 0.2) is 11.5 Å². The highest BCUT2D eigenvalue weighted by Crippen LogP contribution is 2.27. The number of hydrogen-bond acceptors (Lipinski definition) is 4. The van der Waals surface area contributed by atoms with Gasteiger partial charge in [0.2, 0.25) is 11.8 Å². The van der Waals surface area contributed by atoms with Gasteiger partial charge in [0.05, 0.1) is 20.8 Å². The van der Waals surface area contributed by atoms with Crippen molar-refractivity contribution in [1.82, 2.24) is 5.32 Å². The van der Waals surface area contributed by atoms with Crippen LogP contribution in [0.5, 0.6) is 11.5 Å². The number of carbonyl (C=O) groups excluding carboxylic acids is 2. The lowest BCUT2D eigenvalue weighted by Gasteiger charge is -2.10. The first kappa shape index (κ1) is 20.2. The largest absolute Gasteiger partial charge is 0.493 e. The molecule has 0 aliphatic heterocycles. The number of rotatable bonds is 8. The third kappa shape index (κ3) is 5.67. The van der Waals surface area contributed by atoms with Gasteiger partial charge < -0.3 is 20.1 Å². The zero-order valence-corrected chi connectivity index (χ0v) is 15.0. The van der Waals surface area contributed by atoms with Crippen LogP contribution < -0.4 is 20.1 Å². The Morgan fingerprint density at radius 3 is 2.26 bits per heavy atom. The van der Waals surface area contributed by atoms with Crippen molar-refractivity contribution in [3.05, 3.63) is 53.6 Å². The number of nitrogens with one attached hydrogen (secondary N) is 2. The summed E-state index contributed by atoms with van der Waals surface area (Å²) in [6.45, 7) is -0.390. The van der Waals surface area contributed by atoms with E-state index in [4.69, 9.17) is 9.47 Å². The molecule has 0 unspecified atom stereocenters. The molecule has 0 heterocycles. The van der Waals surface area contributed by atoms with Gasteiger partial charge >= 0.3 is 0 Å². The molecule has 27 heavy (non-hydrogen) atoms. The summed E-state index contributed by atoms with van der Waals surface area (Å²) in [6, 6.07) is 8.56. The predicted octanol–water partition coefficient (Wildman–Crippen LogP) is 2.67. The third-order valence-electron chi connectivity index (χ3n) is 3.76. The van der Waals surface area contributed by atoms with Gasteiger partial charge in [0.25, 0.3) is 0 Å². The number of ether oxygens (including phenoxy) is 2. The van der Waals surface area contributed by atoms with Crippen LogP contribution in [-0.2, 0) is 16.0 Å². The minimum atomic E-state index is -0.886. The van der Waals surface area contributed by atoms with Crippen LogP contribution in [0.4, 0.5) is 14.5 Å². The number of methoxy groups -OCH3 is 2. The summed E-state index contributed by atoms with van der Waals surface area (Å²) in [6.07, 6.45) is 0.562. The number of anilines is 1. The average Bonchev–Trinajstić information content (AvgIpc) is 2.67. The number of amides is 2. The van der Waals surface area contributed by atoms with Crippen LogP contribution in [0.2, 0.25) is 0 Å². The number of para-hydroxylation sites is 1. The van der Waals surface area contributed by atoms with E-state index >= 15 is 0 Å². The molecule has 0 aromatic heterocycles. The molecule has 0 aliphatic carbocycles. The molecular formula is C19H20F2N2O4. The van der Waals surface area contributed by atoms with Crippen molar-refractivity contribution in [1.29, 1.82) is 0 Å². The van der Waals surface area contributed by atoms with Crippen LogP contribution >= 0.6 is 0 Å². The van der Waals surface area contributed by atoms with Crippen molar-refractivity contribution in [2.24, 2.45) is 0 Å². The lowest BCUT2D eigenvalue weighted by atomic mass is 10.1. The molecule has 6 nitrogen and oxygen atoms in total. The quantitative estimate of drug-likeness (QED) is 0.741. The highest BCUT2D eigenvalue weighted by atomic mass is 19.1. The maximum Gasteiger partial charge on any atom is 0.243 e. The molecule has 2 rings (SSSR count). The normalized spacial score (nSPS) is 10.2. The van der Waals surface area contributed by atoms with Crippen LogP contribution in [0.15, 0.2) is 36.4 Å². The average molecular weight is 378 g/mol. The number of hydrogen-bond donors (Lipinski definition) is 2. The lowest BCUT2D eigenvalue weighted by molar-refractivity contribution is -0.124. The van der Waals surface area contributed by atoms with E-state index in [1.807, 2.05) is 6.07 Å². The summed E-state index contributed by atoms with van der Waals surface area (Å²) in [5, 5.41) is 4.51. The Kier molecular flexibility index (Phi) is 7.10. The van der Waals surface area contributed by atoms with Crippen molar-refractivity contribution >= 4 is 17.5 Å². The maximum atomic E-state index is 13.5. The van der Waals surface area contributed by atoms with Crippen LogP contribution in [0.1, 0.15) is 12.0 Å². The number of benzene rings is 2. The lowest BCUT2D eigenvalue weighted by Crippen LogP contribution is -2.33. The topological polar surface area (TPSA) is 76.7 Å². The fourth-order valence-electron chi connectivity index (χ4n) is 2.36. The number of halogens is 2. The fourth-order valence-corrected chi connectivity index (χ4v) is 2.36. The van der Waals surface area contributed by atoms with E-state index in [1.54, 1.807) is 12.1 Å². The summed E-state index contributed by atoms with van der Waals surface area (Å²) < 4.78 is 37.3. The van der Waals surface area contributed by atoms with Gasteiger partial charge in [-0.2, -0.15) is 0 Å². The van der Waals surface area contributed by atoms with E-state index < -0.39 is 29.8 Å². The molecule has 0 aliphatic rings. The molecule has 2 aromatic rings. The van der Waals surface area contributed by atoms with E-state index in [2.05, 4.69) is 10.6 Å². The Balaban J connectivity index is 1.81. The first-order valence-corrected chi connectivity index (χ1v) is 8.16. The molecule has 2 aromatic carbocycles. The zero-order valence-electron chi connectivity index (χ0n) is 15.0. The Hall–Kier alpha value is -3.16. The number of carbonyl (C=O) groups is 2. The SMILES string of the molecule is COc1ccc(CCC(=O)NCC(=O)Nc2c(F)cccc2F)cc1OC. The molecular weight excluding hydrogens is 358 g/mol. The van der Waals surface area contributed by atoms with E-state index in [0.717, 1.165) is 17.7 Å². The fraction of sp³-hybridized carbons (Fsp3) is 0.263. The summed E-state index contributed by atoms with van der Waals surface area (Å²) in [5.41, 5.74) is 0.322. The first-order valence-electron chi connectivity index (χ1n) is 8.16. The van der Waals surface area contributed by atoms with E-state index in [0.29, 0.717) is 17.9 Å². The summed E-state index contributed by atoms with van der Waals surface area (Å²) >= 11 is 0. The van der Waals surface area contributed by atoms with E-state index in [9.17, 15) is 18.4 Å². The van der Waals surface area contributed by atoms with Crippen molar-refractivity contribution in [2.45, 2.75) is 12.8 Å². The molecule has 0 spiro atoms. The van der Waals surface area contributed by atoms with Crippen molar-refractivity contribution < 1.29 is 27.8 Å². The smallest absolute Gasteiger partial charge is 0.243 e. The standard InChI is InChI=1S/C19H20F2N2O4/c1-26-15-8-6-12(10-16(15)27-2)7-9-17(24)22-11-18(25)23-19-13(20)4-3-5-14(19)21/h3-6,8,10H,7,9,11H2,1-2H3,(H,22,24)(H,23,25). The predicted molar refractivity (Wildman–Crippen MR) is 95.9 cm³/mol. The van der Waals surface area contributed by atoms with Gasteiger partial charge in [0.1, 0.15) is 17.3 Å². The molecule has 0 saturated carbocycles. The second-order valence-corrected chi connectivity index (χ2v) is 5.61. The Bertz CT molecular complexity index is 807. The Morgan fingerprint density at radius 2 is 1.63 bits per heavy atom. The van der Waals surface area contributed by atoms with Crippen LogP contribution in [0, 0.1) is 11.6 Å². The molecule has 144 valence electrons. The van der Waals surface area contributed by atoms with E-state index in [-0.39, 0.29) is 12.3 Å². The third-order valence-corrected chi connectivity index (χ3v) is 3.76. The van der Waals surface area contributed by atoms with Gasteiger partial charge in [-0.05, 0) is 36.2 Å². The minimum absolute atomic E-state index is 0.136. The maximum absolute atomic E-state index is 13.5. The molecule has 0 radical (unpaired) electrons. The molecule has 0 atom stereocenters. The van der Waals surface area contributed by atoms with Crippen molar-refractivity contribution in [2.75, 3.05) is 26.1 Å². The monoisotopic (exact) mass is 378 g/mol. The highest BCUT2D eigenvalue weighted by Gasteiger charge is 2.13. The van der Waals surface area contributed by atoms with Crippen LogP contribution in [-0.4, -0.2) is 32.6 Å². The van der Waals surface area contributed by atoms with Gasteiger partial charge in [0, 0.05) is 6.42 Å².